The van der Waals surface area contributed by atoms with Crippen molar-refractivity contribution in [1.82, 2.24) is 45.9 Å². The van der Waals surface area contributed by atoms with Gasteiger partial charge < -0.3 is 50.8 Å². The van der Waals surface area contributed by atoms with Crippen LogP contribution in [0.15, 0.2) is 146 Å². The Morgan fingerprint density at radius 1 is 0.595 bits per heavy atom. The van der Waals surface area contributed by atoms with Gasteiger partial charge in [0.15, 0.2) is 5.72 Å². The normalized spacial score (nSPS) is 24.4. The summed E-state index contributed by atoms with van der Waals surface area (Å²) in [6.45, 7) is 4.38. The van der Waals surface area contributed by atoms with Crippen LogP contribution >= 0.6 is 0 Å². The van der Waals surface area contributed by atoms with Gasteiger partial charge in [-0.25, -0.2) is 0 Å². The zero-order valence-corrected chi connectivity index (χ0v) is 47.6. The number of rotatable bonds is 12. The van der Waals surface area contributed by atoms with Gasteiger partial charge in [0.25, 0.3) is 5.91 Å². The molecule has 5 aromatic carbocycles. The molecule has 0 saturated carbocycles. The molecule has 8 atom stereocenters. The summed E-state index contributed by atoms with van der Waals surface area (Å²) < 4.78 is 6.32. The van der Waals surface area contributed by atoms with Crippen LogP contribution in [0.2, 0.25) is 0 Å². The third kappa shape index (κ3) is 12.9. The second-order valence-electron chi connectivity index (χ2n) is 22.9. The van der Waals surface area contributed by atoms with E-state index in [0.717, 1.165) is 26.9 Å². The summed E-state index contributed by atoms with van der Waals surface area (Å²) in [5, 5.41) is 26.0. The highest BCUT2D eigenvalue weighted by Crippen LogP contribution is 2.39. The maximum absolute atomic E-state index is 15.9. The largest absolute Gasteiger partial charge is 0.371 e. The molecule has 0 aliphatic carbocycles. The molecule has 4 aliphatic rings. The van der Waals surface area contributed by atoms with Gasteiger partial charge >= 0.3 is 0 Å². The minimum Gasteiger partial charge on any atom is -0.371 e. The van der Waals surface area contributed by atoms with Gasteiger partial charge in [-0.05, 0) is 79.3 Å². The number of fused-ring (bicyclic) bond motifs is 6. The molecule has 6 N–H and O–H groups in total. The molecule has 438 valence electrons. The molecule has 0 radical (unpaired) electrons. The molecule has 0 bridgehead atoms. The van der Waals surface area contributed by atoms with Crippen molar-refractivity contribution in [3.8, 4) is 0 Å². The SMILES string of the molecule is CC(C)C[C@@H]1NC(=O)[C@H]([C@@H](C)OCc2ccccc2)NC(=O)[C@@H]2CCCN2C(=O)[C@H](Cc2ccccc2)NC(=O)[C@@H]2CCCN2C(=O)CN2C(=O)c3ccccc3[C@]2(O)CN(Cc2ccccc2)C(=O)[C@H](Cc2c[nH]c3ccccc23)NC1=O. The van der Waals surface area contributed by atoms with Gasteiger partial charge in [-0.15, -0.1) is 0 Å². The van der Waals surface area contributed by atoms with Crippen molar-refractivity contribution in [3.63, 3.8) is 0 Å². The van der Waals surface area contributed by atoms with Gasteiger partial charge in [0.1, 0.15) is 42.8 Å². The number of carbonyl (C=O) groups excluding carboxylic acids is 8. The highest BCUT2D eigenvalue weighted by Gasteiger charge is 2.52. The number of H-pyrrole nitrogens is 1. The molecule has 19 nitrogen and oxygen atoms in total. The Hall–Kier alpha value is -8.68. The van der Waals surface area contributed by atoms with E-state index in [-0.39, 0.29) is 75.4 Å². The number of hydrogen-bond acceptors (Lipinski definition) is 10. The average Bonchev–Trinajstić information content (AvgIpc) is 4.49. The number of nitrogens with zero attached hydrogens (tertiary/aromatic N) is 4. The van der Waals surface area contributed by atoms with Crippen LogP contribution < -0.4 is 21.3 Å². The Kier molecular flexibility index (Phi) is 18.0. The van der Waals surface area contributed by atoms with E-state index < -0.39 is 108 Å². The van der Waals surface area contributed by atoms with E-state index in [1.807, 2.05) is 105 Å². The fourth-order valence-corrected chi connectivity index (χ4v) is 12.2. The predicted molar refractivity (Wildman–Crippen MR) is 313 cm³/mol. The van der Waals surface area contributed by atoms with Crippen molar-refractivity contribution in [3.05, 3.63) is 179 Å². The summed E-state index contributed by atoms with van der Waals surface area (Å²) >= 11 is 0. The Morgan fingerprint density at radius 3 is 1.87 bits per heavy atom. The molecule has 3 saturated heterocycles. The van der Waals surface area contributed by atoms with E-state index >= 15 is 19.2 Å². The molecule has 0 spiro atoms. The summed E-state index contributed by atoms with van der Waals surface area (Å²) in [5.41, 5.74) is 1.56. The molecule has 0 unspecified atom stereocenters. The lowest BCUT2D eigenvalue weighted by Gasteiger charge is -2.40. The molecule has 5 heterocycles. The minimum absolute atomic E-state index is 0.0417. The predicted octanol–water partition coefficient (Wildman–Crippen LogP) is 4.87. The van der Waals surface area contributed by atoms with Gasteiger partial charge in [0, 0.05) is 60.7 Å². The third-order valence-corrected chi connectivity index (χ3v) is 16.6. The lowest BCUT2D eigenvalue weighted by molar-refractivity contribution is -0.154. The van der Waals surface area contributed by atoms with Crippen LogP contribution in [-0.4, -0.2) is 145 Å². The van der Waals surface area contributed by atoms with Gasteiger partial charge in [-0.1, -0.05) is 141 Å². The number of hydrogen-bond donors (Lipinski definition) is 6. The highest BCUT2D eigenvalue weighted by molar-refractivity contribution is 6.03. The van der Waals surface area contributed by atoms with E-state index in [1.165, 1.54) is 14.7 Å². The number of para-hydroxylation sites is 1. The van der Waals surface area contributed by atoms with Crippen molar-refractivity contribution in [2.75, 3.05) is 26.2 Å². The molecule has 8 amide bonds. The van der Waals surface area contributed by atoms with Crippen molar-refractivity contribution in [1.29, 1.82) is 0 Å². The number of aromatic nitrogens is 1. The van der Waals surface area contributed by atoms with Gasteiger partial charge in [0.2, 0.25) is 41.4 Å². The van der Waals surface area contributed by atoms with Gasteiger partial charge in [0.05, 0.1) is 19.3 Å². The maximum atomic E-state index is 15.9. The van der Waals surface area contributed by atoms with E-state index in [4.69, 9.17) is 4.74 Å². The smallest absolute Gasteiger partial charge is 0.257 e. The quantitative estimate of drug-likeness (QED) is 0.0972. The number of amides is 8. The zero-order chi connectivity index (χ0) is 59.1. The van der Waals surface area contributed by atoms with Crippen LogP contribution in [0.4, 0.5) is 0 Å². The van der Waals surface area contributed by atoms with Crippen molar-refractivity contribution in [2.45, 2.75) is 127 Å². The van der Waals surface area contributed by atoms with E-state index in [0.29, 0.717) is 24.0 Å². The molecule has 1 aromatic heterocycles. The Morgan fingerprint density at radius 2 is 1.17 bits per heavy atom. The number of β-amino-alcohol motifs (C(OH)–C–C–N with tert-alkyl or cyclic N) is 1. The van der Waals surface area contributed by atoms with Crippen LogP contribution in [0.3, 0.4) is 0 Å². The summed E-state index contributed by atoms with van der Waals surface area (Å²) in [5.74, 6) is -5.43. The van der Waals surface area contributed by atoms with Crippen molar-refractivity contribution >= 4 is 58.2 Å². The zero-order valence-electron chi connectivity index (χ0n) is 47.6. The Bertz CT molecular complexity index is 3380. The maximum Gasteiger partial charge on any atom is 0.257 e. The third-order valence-electron chi connectivity index (χ3n) is 16.6. The fourth-order valence-electron chi connectivity index (χ4n) is 12.2. The van der Waals surface area contributed by atoms with E-state index in [2.05, 4.69) is 26.3 Å². The van der Waals surface area contributed by atoms with Gasteiger partial charge in [-0.2, -0.15) is 0 Å². The van der Waals surface area contributed by atoms with Crippen LogP contribution in [-0.2, 0) is 70.0 Å². The monoisotopic (exact) mass is 1140 g/mol. The first-order chi connectivity index (χ1) is 40.6. The Labute approximate surface area is 488 Å². The highest BCUT2D eigenvalue weighted by atomic mass is 16.5. The molecule has 10 rings (SSSR count). The van der Waals surface area contributed by atoms with Gasteiger partial charge in [-0.3, -0.25) is 43.3 Å². The van der Waals surface area contributed by atoms with E-state index in [1.54, 1.807) is 61.7 Å². The minimum atomic E-state index is -2.33. The van der Waals surface area contributed by atoms with Crippen molar-refractivity contribution < 1.29 is 48.2 Å². The molecule has 19 heteroatoms. The summed E-state index contributed by atoms with van der Waals surface area (Å²) in [4.78, 5) is 129. The lowest BCUT2D eigenvalue weighted by atomic mass is 9.98. The number of benzene rings is 5. The summed E-state index contributed by atoms with van der Waals surface area (Å²) in [7, 11) is 0. The fraction of sp³-hybridized carbons (Fsp3) is 0.385. The van der Waals surface area contributed by atoms with Crippen LogP contribution in [0.25, 0.3) is 10.9 Å². The molecular weight excluding hydrogens is 1070 g/mol. The van der Waals surface area contributed by atoms with Crippen LogP contribution in [0.5, 0.6) is 0 Å². The number of aliphatic hydroxyl groups is 1. The molecule has 84 heavy (non-hydrogen) atoms. The Balaban J connectivity index is 1.07. The summed E-state index contributed by atoms with van der Waals surface area (Å²) in [6.07, 6.45) is 2.14. The second kappa shape index (κ2) is 25.9. The average molecular weight is 1140 g/mol. The number of ether oxygens (including phenoxy) is 1. The topological polar surface area (TPSA) is 243 Å². The number of aromatic amines is 1. The lowest BCUT2D eigenvalue weighted by Crippen LogP contribution is -2.62. The molecule has 3 fully saturated rings. The van der Waals surface area contributed by atoms with E-state index in [9.17, 15) is 24.3 Å². The number of nitrogens with one attached hydrogen (secondary N) is 5. The molecular formula is C65H73N9O10. The van der Waals surface area contributed by atoms with Crippen LogP contribution in [0, 0.1) is 5.92 Å². The summed E-state index contributed by atoms with van der Waals surface area (Å²) in [6, 6.07) is 33.9. The first-order valence-electron chi connectivity index (χ1n) is 29.1. The number of carbonyl (C=O) groups is 8. The standard InChI is InChI=1S/C65H73N9O10/c1-41(2)33-51-58(76)68-53(35-46-36-66-50-28-16-14-25-47(46)50)63(81)71(37-44-21-9-5-10-22-44)40-65(83)49-27-15-13-26-48(49)62(80)74(65)38-56(75)72-31-17-29-54(72)59(77)69-52(34-43-19-7-4-8-20-43)64(82)73-32-18-30-55(73)60(78)70-57(61(79)67-51)42(3)84-39-45-23-11-6-12-24-45/h4-16,19-28,36,41-42,51-55,57,66,83H,17-18,29-35,37-40H2,1-3H3,(H,67,79)(H,68,76)(H,69,77)(H,70,78)/t42-,51+,52+,53+,54+,55+,57+,65-/m1/s1. The second-order valence-corrected chi connectivity index (χ2v) is 22.9. The molecule has 6 aromatic rings. The molecule has 4 aliphatic heterocycles. The first kappa shape index (κ1) is 58.5. The first-order valence-corrected chi connectivity index (χ1v) is 29.1. The van der Waals surface area contributed by atoms with Crippen molar-refractivity contribution in [2.24, 2.45) is 5.92 Å². The van der Waals surface area contributed by atoms with Crippen LogP contribution in [0.1, 0.15) is 91.1 Å².